The molecule has 0 radical (unpaired) electrons. The van der Waals surface area contributed by atoms with Crippen LogP contribution in [0.4, 0.5) is 0 Å². The molecule has 0 atom stereocenters. The maximum absolute atomic E-state index is 12.5. The first-order valence-electron chi connectivity index (χ1n) is 8.06. The van der Waals surface area contributed by atoms with E-state index in [2.05, 4.69) is 10.3 Å². The van der Waals surface area contributed by atoms with Crippen LogP contribution in [-0.2, 0) is 6.54 Å². The van der Waals surface area contributed by atoms with Gasteiger partial charge in [-0.3, -0.25) is 9.36 Å². The van der Waals surface area contributed by atoms with E-state index in [0.29, 0.717) is 31.2 Å². The molecule has 0 bridgehead atoms. The summed E-state index contributed by atoms with van der Waals surface area (Å²) in [5.74, 6) is 1.27. The molecule has 0 saturated heterocycles. The van der Waals surface area contributed by atoms with Gasteiger partial charge in [-0.15, -0.1) is 0 Å². The molecule has 1 aliphatic rings. The van der Waals surface area contributed by atoms with Gasteiger partial charge in [0.1, 0.15) is 18.9 Å². The molecule has 2 heterocycles. The highest BCUT2D eigenvalue weighted by atomic mass is 16.6. The number of nitrogens with zero attached hydrogens (tertiary/aromatic N) is 2. The van der Waals surface area contributed by atoms with Gasteiger partial charge < -0.3 is 14.8 Å². The molecule has 1 aliphatic heterocycles. The summed E-state index contributed by atoms with van der Waals surface area (Å²) < 4.78 is 12.8. The lowest BCUT2D eigenvalue weighted by atomic mass is 10.2. The van der Waals surface area contributed by atoms with E-state index in [0.717, 1.165) is 17.0 Å². The number of nitrogens with one attached hydrogen (secondary N) is 1. The first kappa shape index (κ1) is 15.3. The minimum absolute atomic E-state index is 0.184. The molecule has 6 heteroatoms. The van der Waals surface area contributed by atoms with Crippen LogP contribution in [0.25, 0.3) is 5.69 Å². The topological polar surface area (TPSA) is 65.4 Å². The average molecular weight is 335 g/mol. The van der Waals surface area contributed by atoms with Crippen LogP contribution in [0.5, 0.6) is 11.5 Å². The average Bonchev–Trinajstić information content (AvgIpc) is 3.16. The summed E-state index contributed by atoms with van der Waals surface area (Å²) in [5.41, 5.74) is 2.33. The van der Waals surface area contributed by atoms with E-state index >= 15 is 0 Å². The Labute approximate surface area is 145 Å². The van der Waals surface area contributed by atoms with Crippen molar-refractivity contribution in [3.63, 3.8) is 0 Å². The van der Waals surface area contributed by atoms with Crippen LogP contribution in [0.1, 0.15) is 16.1 Å². The number of hydrogen-bond donors (Lipinski definition) is 1. The summed E-state index contributed by atoms with van der Waals surface area (Å²) in [6.45, 7) is 1.50. The fraction of sp³-hybridized carbons (Fsp3) is 0.158. The lowest BCUT2D eigenvalue weighted by molar-refractivity contribution is 0.0944. The van der Waals surface area contributed by atoms with Gasteiger partial charge >= 0.3 is 0 Å². The lowest BCUT2D eigenvalue weighted by Gasteiger charge is -2.19. The van der Waals surface area contributed by atoms with Gasteiger partial charge in [0.15, 0.2) is 11.5 Å². The summed E-state index contributed by atoms with van der Waals surface area (Å²) in [4.78, 5) is 16.6. The molecule has 0 aliphatic carbocycles. The molecule has 1 N–H and O–H groups in total. The maximum atomic E-state index is 12.5. The molecule has 0 fully saturated rings. The fourth-order valence-corrected chi connectivity index (χ4v) is 2.73. The van der Waals surface area contributed by atoms with Gasteiger partial charge in [-0.05, 0) is 29.8 Å². The number of amides is 1. The normalized spacial score (nSPS) is 12.6. The van der Waals surface area contributed by atoms with Crippen molar-refractivity contribution in [2.24, 2.45) is 0 Å². The number of carbonyl (C=O) groups is 1. The minimum Gasteiger partial charge on any atom is -0.486 e. The minimum atomic E-state index is -0.184. The van der Waals surface area contributed by atoms with Gasteiger partial charge in [0.2, 0.25) is 0 Å². The number of para-hydroxylation sites is 1. The number of ether oxygens (including phenoxy) is 2. The van der Waals surface area contributed by atoms with Gasteiger partial charge in [0, 0.05) is 12.2 Å². The summed E-state index contributed by atoms with van der Waals surface area (Å²) in [6.07, 6.45) is 3.19. The second-order valence-electron chi connectivity index (χ2n) is 5.65. The molecule has 25 heavy (non-hydrogen) atoms. The standard InChI is InChI=1S/C19H17N3O3/c23-19(16-12-20-13-22(16)15-4-2-1-3-5-15)21-11-14-6-7-17-18(10-14)25-9-8-24-17/h1-7,10,12-13H,8-9,11H2,(H,21,23). The van der Waals surface area contributed by atoms with Crippen LogP contribution < -0.4 is 14.8 Å². The van der Waals surface area contributed by atoms with Crippen LogP contribution in [0.2, 0.25) is 0 Å². The van der Waals surface area contributed by atoms with Crippen molar-refractivity contribution in [1.29, 1.82) is 0 Å². The third kappa shape index (κ3) is 3.19. The maximum Gasteiger partial charge on any atom is 0.270 e. The van der Waals surface area contributed by atoms with E-state index < -0.39 is 0 Å². The summed E-state index contributed by atoms with van der Waals surface area (Å²) in [6, 6.07) is 15.3. The Morgan fingerprint density at radius 3 is 2.72 bits per heavy atom. The number of benzene rings is 2. The Hall–Kier alpha value is -3.28. The van der Waals surface area contributed by atoms with Crippen LogP contribution in [0.3, 0.4) is 0 Å². The predicted molar refractivity (Wildman–Crippen MR) is 92.2 cm³/mol. The molecular weight excluding hydrogens is 318 g/mol. The highest BCUT2D eigenvalue weighted by molar-refractivity contribution is 5.92. The summed E-state index contributed by atoms with van der Waals surface area (Å²) in [5, 5.41) is 2.92. The summed E-state index contributed by atoms with van der Waals surface area (Å²) in [7, 11) is 0. The predicted octanol–water partition coefficient (Wildman–Crippen LogP) is 2.57. The van der Waals surface area contributed by atoms with Gasteiger partial charge in [0.05, 0.1) is 12.5 Å². The molecule has 0 saturated carbocycles. The second kappa shape index (κ2) is 6.68. The molecular formula is C19H17N3O3. The van der Waals surface area contributed by atoms with Gasteiger partial charge in [-0.1, -0.05) is 24.3 Å². The van der Waals surface area contributed by atoms with E-state index in [1.54, 1.807) is 17.1 Å². The number of imidazole rings is 1. The van der Waals surface area contributed by atoms with E-state index in [9.17, 15) is 4.79 Å². The Kier molecular flexibility index (Phi) is 4.08. The molecule has 4 rings (SSSR count). The molecule has 2 aromatic carbocycles. The van der Waals surface area contributed by atoms with Crippen LogP contribution in [-0.4, -0.2) is 28.7 Å². The van der Waals surface area contributed by atoms with Gasteiger partial charge in [-0.2, -0.15) is 0 Å². The monoisotopic (exact) mass is 335 g/mol. The van der Waals surface area contributed by atoms with E-state index in [1.165, 1.54) is 0 Å². The Bertz CT molecular complexity index is 890. The molecule has 0 spiro atoms. The highest BCUT2D eigenvalue weighted by Gasteiger charge is 2.14. The molecule has 1 amide bonds. The van der Waals surface area contributed by atoms with E-state index in [-0.39, 0.29) is 5.91 Å². The highest BCUT2D eigenvalue weighted by Crippen LogP contribution is 2.30. The molecule has 3 aromatic rings. The lowest BCUT2D eigenvalue weighted by Crippen LogP contribution is -2.25. The van der Waals surface area contributed by atoms with Crippen molar-refractivity contribution in [2.45, 2.75) is 6.54 Å². The quantitative estimate of drug-likeness (QED) is 0.796. The molecule has 6 nitrogen and oxygen atoms in total. The number of aromatic nitrogens is 2. The smallest absolute Gasteiger partial charge is 0.270 e. The Balaban J connectivity index is 1.48. The van der Waals surface area contributed by atoms with Crippen LogP contribution in [0.15, 0.2) is 61.1 Å². The zero-order valence-electron chi connectivity index (χ0n) is 13.5. The zero-order chi connectivity index (χ0) is 17.1. The van der Waals surface area contributed by atoms with Gasteiger partial charge in [0.25, 0.3) is 5.91 Å². The first-order chi connectivity index (χ1) is 12.3. The van der Waals surface area contributed by atoms with Crippen molar-refractivity contribution >= 4 is 5.91 Å². The van der Waals surface area contributed by atoms with Crippen molar-refractivity contribution in [2.75, 3.05) is 13.2 Å². The molecule has 1 aromatic heterocycles. The number of hydrogen-bond acceptors (Lipinski definition) is 4. The summed E-state index contributed by atoms with van der Waals surface area (Å²) >= 11 is 0. The van der Waals surface area contributed by atoms with Crippen molar-refractivity contribution < 1.29 is 14.3 Å². The van der Waals surface area contributed by atoms with Crippen LogP contribution in [0, 0.1) is 0 Å². The number of rotatable bonds is 4. The third-order valence-corrected chi connectivity index (χ3v) is 3.97. The molecule has 126 valence electrons. The van der Waals surface area contributed by atoms with E-state index in [1.807, 2.05) is 48.5 Å². The van der Waals surface area contributed by atoms with Gasteiger partial charge in [-0.25, -0.2) is 4.98 Å². The van der Waals surface area contributed by atoms with Crippen molar-refractivity contribution in [3.05, 3.63) is 72.3 Å². The SMILES string of the molecule is O=C(NCc1ccc2c(c1)OCCO2)c1cncn1-c1ccccc1. The number of fused-ring (bicyclic) bond motifs is 1. The van der Waals surface area contributed by atoms with Crippen molar-refractivity contribution in [1.82, 2.24) is 14.9 Å². The van der Waals surface area contributed by atoms with Crippen LogP contribution >= 0.6 is 0 Å². The zero-order valence-corrected chi connectivity index (χ0v) is 13.5. The second-order valence-corrected chi connectivity index (χ2v) is 5.65. The third-order valence-electron chi connectivity index (χ3n) is 3.97. The molecule has 0 unspecified atom stereocenters. The first-order valence-corrected chi connectivity index (χ1v) is 8.06. The Morgan fingerprint density at radius 1 is 1.08 bits per heavy atom. The number of carbonyl (C=O) groups excluding carboxylic acids is 1. The largest absolute Gasteiger partial charge is 0.486 e. The Morgan fingerprint density at radius 2 is 1.88 bits per heavy atom. The van der Waals surface area contributed by atoms with Crippen molar-refractivity contribution in [3.8, 4) is 17.2 Å². The van der Waals surface area contributed by atoms with E-state index in [4.69, 9.17) is 9.47 Å². The fourth-order valence-electron chi connectivity index (χ4n) is 2.73.